The van der Waals surface area contributed by atoms with Gasteiger partial charge >= 0.3 is 0 Å². The standard InChI is InChI=1S/C16H23NO3/c1-4-7-16(19)10-17(11-16)15(18)9-13-6-5-12(2)14(8-13)20-3/h5-6,8,19H,4,7,9-11H2,1-3H3. The Balaban J connectivity index is 1.93. The molecule has 0 aromatic heterocycles. The number of benzene rings is 1. The Morgan fingerprint density at radius 2 is 2.15 bits per heavy atom. The van der Waals surface area contributed by atoms with Crippen LogP contribution in [0.25, 0.3) is 0 Å². The predicted octanol–water partition coefficient (Wildman–Crippen LogP) is 1.92. The lowest BCUT2D eigenvalue weighted by Crippen LogP contribution is -2.63. The van der Waals surface area contributed by atoms with Crippen molar-refractivity contribution in [3.05, 3.63) is 29.3 Å². The average Bonchev–Trinajstić information content (AvgIpc) is 2.38. The normalized spacial score (nSPS) is 16.7. The molecule has 1 aliphatic heterocycles. The van der Waals surface area contributed by atoms with Crippen molar-refractivity contribution in [1.82, 2.24) is 4.90 Å². The molecule has 0 spiro atoms. The summed E-state index contributed by atoms with van der Waals surface area (Å²) in [5, 5.41) is 10.1. The first-order chi connectivity index (χ1) is 9.47. The van der Waals surface area contributed by atoms with E-state index in [9.17, 15) is 9.90 Å². The molecule has 0 radical (unpaired) electrons. The minimum Gasteiger partial charge on any atom is -0.496 e. The molecule has 1 aromatic carbocycles. The second-order valence-electron chi connectivity index (χ2n) is 5.70. The molecule has 20 heavy (non-hydrogen) atoms. The molecule has 1 amide bonds. The lowest BCUT2D eigenvalue weighted by atomic mass is 9.89. The van der Waals surface area contributed by atoms with E-state index < -0.39 is 5.60 Å². The molecule has 1 heterocycles. The number of methoxy groups -OCH3 is 1. The third-order valence-electron chi connectivity index (χ3n) is 3.87. The van der Waals surface area contributed by atoms with Crippen molar-refractivity contribution in [2.75, 3.05) is 20.2 Å². The Hall–Kier alpha value is -1.55. The van der Waals surface area contributed by atoms with Gasteiger partial charge in [0.25, 0.3) is 0 Å². The number of β-amino-alcohol motifs (C(OH)–C–C–N with tert-alkyl or cyclic N) is 1. The van der Waals surface area contributed by atoms with Crippen LogP contribution in [0.4, 0.5) is 0 Å². The quantitative estimate of drug-likeness (QED) is 0.894. The molecular weight excluding hydrogens is 254 g/mol. The number of carbonyl (C=O) groups is 1. The van der Waals surface area contributed by atoms with Gasteiger partial charge < -0.3 is 14.7 Å². The van der Waals surface area contributed by atoms with E-state index in [1.165, 1.54) is 0 Å². The van der Waals surface area contributed by atoms with Gasteiger partial charge in [-0.3, -0.25) is 4.79 Å². The summed E-state index contributed by atoms with van der Waals surface area (Å²) in [5.74, 6) is 0.873. The summed E-state index contributed by atoms with van der Waals surface area (Å²) >= 11 is 0. The molecular formula is C16H23NO3. The second-order valence-corrected chi connectivity index (χ2v) is 5.70. The highest BCUT2D eigenvalue weighted by Gasteiger charge is 2.42. The molecule has 110 valence electrons. The van der Waals surface area contributed by atoms with E-state index in [1.807, 2.05) is 32.0 Å². The number of aliphatic hydroxyl groups is 1. The van der Waals surface area contributed by atoms with Crippen LogP contribution in [-0.4, -0.2) is 41.7 Å². The van der Waals surface area contributed by atoms with Crippen LogP contribution in [0.3, 0.4) is 0 Å². The first-order valence-corrected chi connectivity index (χ1v) is 7.11. The lowest BCUT2D eigenvalue weighted by Gasteiger charge is -2.46. The van der Waals surface area contributed by atoms with E-state index in [0.29, 0.717) is 19.5 Å². The minimum absolute atomic E-state index is 0.0664. The van der Waals surface area contributed by atoms with Crippen LogP contribution in [0.2, 0.25) is 0 Å². The van der Waals surface area contributed by atoms with Gasteiger partial charge in [0, 0.05) is 0 Å². The third kappa shape index (κ3) is 3.12. The van der Waals surface area contributed by atoms with Gasteiger partial charge in [0.15, 0.2) is 0 Å². The average molecular weight is 277 g/mol. The first kappa shape index (κ1) is 14.9. The van der Waals surface area contributed by atoms with Crippen molar-refractivity contribution < 1.29 is 14.6 Å². The fraction of sp³-hybridized carbons (Fsp3) is 0.562. The molecule has 1 fully saturated rings. The Kier molecular flexibility index (Phi) is 4.33. The van der Waals surface area contributed by atoms with Crippen molar-refractivity contribution in [2.24, 2.45) is 0 Å². The van der Waals surface area contributed by atoms with E-state index >= 15 is 0 Å². The zero-order chi connectivity index (χ0) is 14.8. The summed E-state index contributed by atoms with van der Waals surface area (Å²) in [6.07, 6.45) is 2.06. The molecule has 4 nitrogen and oxygen atoms in total. The number of ether oxygens (including phenoxy) is 1. The zero-order valence-corrected chi connectivity index (χ0v) is 12.5. The maximum absolute atomic E-state index is 12.1. The van der Waals surface area contributed by atoms with Gasteiger partial charge in [-0.05, 0) is 30.5 Å². The lowest BCUT2D eigenvalue weighted by molar-refractivity contribution is -0.155. The summed E-state index contributed by atoms with van der Waals surface area (Å²) in [6.45, 7) is 4.94. The molecule has 0 atom stereocenters. The Labute approximate surface area is 120 Å². The number of hydrogen-bond donors (Lipinski definition) is 1. The second kappa shape index (κ2) is 5.83. The fourth-order valence-corrected chi connectivity index (χ4v) is 2.72. The Morgan fingerprint density at radius 1 is 1.45 bits per heavy atom. The van der Waals surface area contributed by atoms with Gasteiger partial charge in [0.2, 0.25) is 5.91 Å². The smallest absolute Gasteiger partial charge is 0.227 e. The van der Waals surface area contributed by atoms with Crippen molar-refractivity contribution in [1.29, 1.82) is 0 Å². The number of aryl methyl sites for hydroxylation is 1. The topological polar surface area (TPSA) is 49.8 Å². The maximum atomic E-state index is 12.1. The highest BCUT2D eigenvalue weighted by Crippen LogP contribution is 2.27. The largest absolute Gasteiger partial charge is 0.496 e. The van der Waals surface area contributed by atoms with Crippen LogP contribution in [0.15, 0.2) is 18.2 Å². The minimum atomic E-state index is -0.657. The fourth-order valence-electron chi connectivity index (χ4n) is 2.72. The molecule has 0 unspecified atom stereocenters. The first-order valence-electron chi connectivity index (χ1n) is 7.11. The van der Waals surface area contributed by atoms with E-state index in [4.69, 9.17) is 4.74 Å². The molecule has 0 saturated carbocycles. The third-order valence-corrected chi connectivity index (χ3v) is 3.87. The molecule has 1 N–H and O–H groups in total. The van der Waals surface area contributed by atoms with Crippen LogP contribution in [0.1, 0.15) is 30.9 Å². The van der Waals surface area contributed by atoms with Crippen LogP contribution in [0.5, 0.6) is 5.75 Å². The molecule has 0 bridgehead atoms. The van der Waals surface area contributed by atoms with Gasteiger partial charge in [0.05, 0.1) is 32.2 Å². The van der Waals surface area contributed by atoms with Crippen LogP contribution < -0.4 is 4.74 Å². The van der Waals surface area contributed by atoms with E-state index in [-0.39, 0.29) is 5.91 Å². The van der Waals surface area contributed by atoms with Crippen LogP contribution >= 0.6 is 0 Å². The van der Waals surface area contributed by atoms with E-state index in [0.717, 1.165) is 29.7 Å². The van der Waals surface area contributed by atoms with Gasteiger partial charge in [-0.1, -0.05) is 25.5 Å². The molecule has 0 aliphatic carbocycles. The SMILES string of the molecule is CCCC1(O)CN(C(=O)Cc2ccc(C)c(OC)c2)C1. The van der Waals surface area contributed by atoms with Crippen LogP contribution in [0, 0.1) is 6.92 Å². The van der Waals surface area contributed by atoms with Gasteiger partial charge in [-0.15, -0.1) is 0 Å². The maximum Gasteiger partial charge on any atom is 0.227 e. The summed E-state index contributed by atoms with van der Waals surface area (Å²) < 4.78 is 5.27. The number of rotatable bonds is 5. The van der Waals surface area contributed by atoms with Crippen molar-refractivity contribution >= 4 is 5.91 Å². The van der Waals surface area contributed by atoms with Crippen molar-refractivity contribution in [3.63, 3.8) is 0 Å². The van der Waals surface area contributed by atoms with E-state index in [2.05, 4.69) is 0 Å². The Bertz CT molecular complexity index is 492. The molecule has 4 heteroatoms. The van der Waals surface area contributed by atoms with Crippen molar-refractivity contribution in [2.45, 2.75) is 38.7 Å². The van der Waals surface area contributed by atoms with Gasteiger partial charge in [-0.25, -0.2) is 0 Å². The van der Waals surface area contributed by atoms with Crippen molar-refractivity contribution in [3.8, 4) is 5.75 Å². The van der Waals surface area contributed by atoms with Crippen LogP contribution in [-0.2, 0) is 11.2 Å². The summed E-state index contributed by atoms with van der Waals surface area (Å²) in [6, 6.07) is 5.82. The molecule has 2 rings (SSSR count). The van der Waals surface area contributed by atoms with Gasteiger partial charge in [-0.2, -0.15) is 0 Å². The predicted molar refractivity (Wildman–Crippen MR) is 77.9 cm³/mol. The molecule has 1 saturated heterocycles. The molecule has 1 aromatic rings. The number of carbonyl (C=O) groups excluding carboxylic acids is 1. The Morgan fingerprint density at radius 3 is 2.75 bits per heavy atom. The summed E-state index contributed by atoms with van der Waals surface area (Å²) in [7, 11) is 1.63. The number of likely N-dealkylation sites (tertiary alicyclic amines) is 1. The highest BCUT2D eigenvalue weighted by molar-refractivity contribution is 5.80. The summed E-state index contributed by atoms with van der Waals surface area (Å²) in [4.78, 5) is 13.9. The van der Waals surface area contributed by atoms with E-state index in [1.54, 1.807) is 12.0 Å². The van der Waals surface area contributed by atoms with Gasteiger partial charge in [0.1, 0.15) is 5.75 Å². The molecule has 1 aliphatic rings. The number of hydrogen-bond acceptors (Lipinski definition) is 3. The summed E-state index contributed by atoms with van der Waals surface area (Å²) in [5.41, 5.74) is 1.35. The number of amides is 1. The highest BCUT2D eigenvalue weighted by atomic mass is 16.5. The zero-order valence-electron chi connectivity index (χ0n) is 12.5. The number of nitrogens with zero attached hydrogens (tertiary/aromatic N) is 1. The monoisotopic (exact) mass is 277 g/mol.